The zero-order valence-electron chi connectivity index (χ0n) is 12.1. The lowest BCUT2D eigenvalue weighted by molar-refractivity contribution is -0.127. The molecule has 22 heavy (non-hydrogen) atoms. The van der Waals surface area contributed by atoms with Crippen LogP contribution in [0.1, 0.15) is 6.42 Å². The fourth-order valence-electron chi connectivity index (χ4n) is 2.33. The molecule has 5 nitrogen and oxygen atoms in total. The summed E-state index contributed by atoms with van der Waals surface area (Å²) in [6.45, 7) is 1.41. The van der Waals surface area contributed by atoms with Crippen LogP contribution in [0.2, 0.25) is 0 Å². The van der Waals surface area contributed by atoms with Gasteiger partial charge in [0.1, 0.15) is 11.9 Å². The van der Waals surface area contributed by atoms with E-state index in [1.54, 1.807) is 36.5 Å². The highest BCUT2D eigenvalue weighted by Crippen LogP contribution is 2.20. The van der Waals surface area contributed by atoms with Crippen molar-refractivity contribution >= 4 is 17.7 Å². The molecular formula is C16H17N3O2S. The molecule has 3 rings (SSSR count). The second-order valence-electron chi connectivity index (χ2n) is 5.02. The largest absolute Gasteiger partial charge is 0.488 e. The summed E-state index contributed by atoms with van der Waals surface area (Å²) in [4.78, 5) is 23.1. The number of likely N-dealkylation sites (tertiary alicyclic amines) is 1. The summed E-state index contributed by atoms with van der Waals surface area (Å²) in [5, 5.41) is 0. The van der Waals surface area contributed by atoms with Crippen molar-refractivity contribution in [3.63, 3.8) is 0 Å². The van der Waals surface area contributed by atoms with Gasteiger partial charge in [-0.2, -0.15) is 0 Å². The Labute approximate surface area is 133 Å². The van der Waals surface area contributed by atoms with E-state index in [1.807, 2.05) is 29.2 Å². The first-order valence-corrected chi connectivity index (χ1v) is 8.17. The number of hydrogen-bond acceptors (Lipinski definition) is 5. The van der Waals surface area contributed by atoms with Crippen LogP contribution in [0.15, 0.2) is 53.9 Å². The zero-order valence-corrected chi connectivity index (χ0v) is 12.9. The number of hydrogen-bond donors (Lipinski definition) is 0. The average Bonchev–Trinajstić information content (AvgIpc) is 3.03. The first-order valence-electron chi connectivity index (χ1n) is 7.18. The quantitative estimate of drug-likeness (QED) is 0.792. The third-order valence-electron chi connectivity index (χ3n) is 3.46. The summed E-state index contributed by atoms with van der Waals surface area (Å²) in [6.07, 6.45) is 7.82. The van der Waals surface area contributed by atoms with Crippen LogP contribution in [0, 0.1) is 0 Å². The molecule has 0 saturated carbocycles. The van der Waals surface area contributed by atoms with Gasteiger partial charge in [-0.05, 0) is 24.3 Å². The molecule has 6 heteroatoms. The Bertz CT molecular complexity index is 609. The van der Waals surface area contributed by atoms with E-state index in [9.17, 15) is 4.79 Å². The van der Waals surface area contributed by atoms with Crippen molar-refractivity contribution in [1.82, 2.24) is 14.9 Å². The van der Waals surface area contributed by atoms with Crippen LogP contribution >= 0.6 is 11.8 Å². The summed E-state index contributed by atoms with van der Waals surface area (Å²) in [6, 6.07) is 7.50. The number of carbonyl (C=O) groups excluding carboxylic acids is 1. The van der Waals surface area contributed by atoms with Crippen molar-refractivity contribution in [2.24, 2.45) is 0 Å². The first kappa shape index (κ1) is 14.8. The Morgan fingerprint density at radius 3 is 2.59 bits per heavy atom. The van der Waals surface area contributed by atoms with Gasteiger partial charge in [-0.25, -0.2) is 0 Å². The molecular weight excluding hydrogens is 298 g/mol. The summed E-state index contributed by atoms with van der Waals surface area (Å²) < 4.78 is 5.87. The van der Waals surface area contributed by atoms with Gasteiger partial charge in [0.15, 0.2) is 0 Å². The van der Waals surface area contributed by atoms with E-state index in [2.05, 4.69) is 9.97 Å². The molecule has 1 fully saturated rings. The Hall–Kier alpha value is -2.08. The van der Waals surface area contributed by atoms with Crippen LogP contribution in [0.5, 0.6) is 5.75 Å². The van der Waals surface area contributed by atoms with E-state index in [0.29, 0.717) is 12.3 Å². The van der Waals surface area contributed by atoms with E-state index < -0.39 is 0 Å². The standard InChI is InChI=1S/C16H17N3O2S/c20-16(12-22-15-3-8-18-9-4-15)19-10-5-14(11-19)21-13-1-6-17-7-2-13/h1-4,6-9,14H,5,10-12H2/t14-/m0/s1. The lowest BCUT2D eigenvalue weighted by Gasteiger charge is -2.17. The highest BCUT2D eigenvalue weighted by Gasteiger charge is 2.27. The molecule has 2 aromatic rings. The molecule has 1 atom stereocenters. The number of aromatic nitrogens is 2. The molecule has 0 aliphatic carbocycles. The van der Waals surface area contributed by atoms with Crippen molar-refractivity contribution < 1.29 is 9.53 Å². The predicted molar refractivity (Wildman–Crippen MR) is 84.8 cm³/mol. The van der Waals surface area contributed by atoms with Gasteiger partial charge >= 0.3 is 0 Å². The highest BCUT2D eigenvalue weighted by atomic mass is 32.2. The number of amides is 1. The van der Waals surface area contributed by atoms with E-state index >= 15 is 0 Å². The minimum atomic E-state index is 0.0669. The van der Waals surface area contributed by atoms with Gasteiger partial charge in [-0.3, -0.25) is 14.8 Å². The smallest absolute Gasteiger partial charge is 0.233 e. The molecule has 1 saturated heterocycles. The van der Waals surface area contributed by atoms with Gasteiger partial charge in [0.05, 0.1) is 12.3 Å². The number of thioether (sulfide) groups is 1. The van der Waals surface area contributed by atoms with Gasteiger partial charge < -0.3 is 9.64 Å². The second kappa shape index (κ2) is 7.26. The fraction of sp³-hybridized carbons (Fsp3) is 0.312. The Morgan fingerprint density at radius 2 is 1.86 bits per heavy atom. The minimum Gasteiger partial charge on any atom is -0.488 e. The second-order valence-corrected chi connectivity index (χ2v) is 6.07. The third kappa shape index (κ3) is 3.98. The maximum absolute atomic E-state index is 12.2. The van der Waals surface area contributed by atoms with Crippen molar-refractivity contribution in [3.8, 4) is 5.75 Å². The normalized spacial score (nSPS) is 17.5. The molecule has 1 aliphatic heterocycles. The molecule has 2 aromatic heterocycles. The Morgan fingerprint density at radius 1 is 1.18 bits per heavy atom. The van der Waals surface area contributed by atoms with Crippen LogP contribution in [0.3, 0.4) is 0 Å². The maximum atomic E-state index is 12.2. The van der Waals surface area contributed by atoms with Gasteiger partial charge in [0.25, 0.3) is 0 Å². The van der Waals surface area contributed by atoms with Crippen LogP contribution in [0.25, 0.3) is 0 Å². The Kier molecular flexibility index (Phi) is 4.90. The molecule has 0 unspecified atom stereocenters. The number of ether oxygens (including phenoxy) is 1. The molecule has 0 aromatic carbocycles. The van der Waals surface area contributed by atoms with Gasteiger partial charge in [0.2, 0.25) is 5.91 Å². The predicted octanol–water partition coefficient (Wildman–Crippen LogP) is 2.25. The van der Waals surface area contributed by atoms with E-state index in [1.165, 1.54) is 0 Å². The molecule has 0 radical (unpaired) electrons. The zero-order chi connectivity index (χ0) is 15.2. The van der Waals surface area contributed by atoms with E-state index in [4.69, 9.17) is 4.74 Å². The molecule has 0 N–H and O–H groups in total. The summed E-state index contributed by atoms with van der Waals surface area (Å²) in [5.74, 6) is 1.41. The third-order valence-corrected chi connectivity index (χ3v) is 4.46. The SMILES string of the molecule is O=C(CSc1ccncc1)N1CC[C@H](Oc2ccncc2)C1. The van der Waals surface area contributed by atoms with Gasteiger partial charge in [-0.15, -0.1) is 11.8 Å². The summed E-state index contributed by atoms with van der Waals surface area (Å²) in [5.41, 5.74) is 0. The summed E-state index contributed by atoms with van der Waals surface area (Å²) in [7, 11) is 0. The number of rotatable bonds is 5. The first-order chi connectivity index (χ1) is 10.8. The van der Waals surface area contributed by atoms with E-state index in [-0.39, 0.29) is 12.0 Å². The monoisotopic (exact) mass is 315 g/mol. The van der Waals surface area contributed by atoms with E-state index in [0.717, 1.165) is 23.6 Å². The van der Waals surface area contributed by atoms with Crippen LogP contribution in [0.4, 0.5) is 0 Å². The van der Waals surface area contributed by atoms with Crippen molar-refractivity contribution in [1.29, 1.82) is 0 Å². The lowest BCUT2D eigenvalue weighted by Crippen LogP contribution is -2.32. The topological polar surface area (TPSA) is 55.3 Å². The Balaban J connectivity index is 1.46. The maximum Gasteiger partial charge on any atom is 0.233 e. The number of pyridine rings is 2. The lowest BCUT2D eigenvalue weighted by atomic mass is 10.3. The molecule has 0 spiro atoms. The molecule has 1 amide bonds. The van der Waals surface area contributed by atoms with Crippen molar-refractivity contribution in [2.75, 3.05) is 18.8 Å². The highest BCUT2D eigenvalue weighted by molar-refractivity contribution is 8.00. The number of carbonyl (C=O) groups is 1. The van der Waals surface area contributed by atoms with Crippen LogP contribution in [-0.2, 0) is 4.79 Å². The minimum absolute atomic E-state index is 0.0669. The van der Waals surface area contributed by atoms with Gasteiger partial charge in [-0.1, -0.05) is 0 Å². The fourth-order valence-corrected chi connectivity index (χ4v) is 3.12. The van der Waals surface area contributed by atoms with Crippen LogP contribution < -0.4 is 4.74 Å². The summed E-state index contributed by atoms with van der Waals surface area (Å²) >= 11 is 1.54. The van der Waals surface area contributed by atoms with Crippen LogP contribution in [-0.4, -0.2) is 45.7 Å². The van der Waals surface area contributed by atoms with Crippen molar-refractivity contribution in [3.05, 3.63) is 49.1 Å². The molecule has 0 bridgehead atoms. The van der Waals surface area contributed by atoms with Gasteiger partial charge in [0, 0.05) is 42.6 Å². The average molecular weight is 315 g/mol. The van der Waals surface area contributed by atoms with Crippen molar-refractivity contribution in [2.45, 2.75) is 17.4 Å². The molecule has 1 aliphatic rings. The number of nitrogens with zero attached hydrogens (tertiary/aromatic N) is 3. The molecule has 3 heterocycles. The molecule has 114 valence electrons.